The topological polar surface area (TPSA) is 33.7 Å². The lowest BCUT2D eigenvalue weighted by molar-refractivity contribution is 0.232. The molecule has 3 rings (SSSR count). The van der Waals surface area contributed by atoms with Crippen LogP contribution in [0.25, 0.3) is 0 Å². The van der Waals surface area contributed by atoms with E-state index >= 15 is 0 Å². The van der Waals surface area contributed by atoms with Crippen LogP contribution in [0.15, 0.2) is 46.9 Å². The second-order valence-corrected chi connectivity index (χ2v) is 7.45. The van der Waals surface area contributed by atoms with Crippen LogP contribution in [-0.4, -0.2) is 38.8 Å². The van der Waals surface area contributed by atoms with Gasteiger partial charge >= 0.3 is 0 Å². The number of ether oxygens (including phenoxy) is 2. The van der Waals surface area contributed by atoms with Gasteiger partial charge in [-0.3, -0.25) is 4.90 Å². The van der Waals surface area contributed by atoms with E-state index in [1.807, 2.05) is 12.1 Å². The number of likely N-dealkylation sites (tertiary alicyclic amines) is 1. The molecule has 2 aromatic carbocycles. The minimum atomic E-state index is 0.329. The Hall–Kier alpha value is -1.56. The van der Waals surface area contributed by atoms with Crippen LogP contribution in [0.5, 0.6) is 11.5 Å². The molecular formula is C21H27BrN2O2. The van der Waals surface area contributed by atoms with Crippen molar-refractivity contribution in [2.24, 2.45) is 0 Å². The fourth-order valence-corrected chi connectivity index (χ4v) is 4.19. The summed E-state index contributed by atoms with van der Waals surface area (Å²) < 4.78 is 11.9. The van der Waals surface area contributed by atoms with E-state index in [9.17, 15) is 0 Å². The number of methoxy groups -OCH3 is 2. The van der Waals surface area contributed by atoms with Crippen molar-refractivity contribution in [1.82, 2.24) is 10.2 Å². The van der Waals surface area contributed by atoms with Gasteiger partial charge in [0.1, 0.15) is 11.5 Å². The average molecular weight is 419 g/mol. The molecule has 1 aliphatic rings. The van der Waals surface area contributed by atoms with Crippen molar-refractivity contribution in [2.75, 3.05) is 33.9 Å². The maximum atomic E-state index is 5.62. The number of para-hydroxylation sites is 1. The summed E-state index contributed by atoms with van der Waals surface area (Å²) >= 11 is 3.56. The third-order valence-electron chi connectivity index (χ3n) is 4.96. The van der Waals surface area contributed by atoms with Crippen molar-refractivity contribution in [1.29, 1.82) is 0 Å². The summed E-state index contributed by atoms with van der Waals surface area (Å²) in [6.07, 6.45) is 2.55. The first kappa shape index (κ1) is 19.2. The second-order valence-electron chi connectivity index (χ2n) is 6.60. The standard InChI is InChI=1S/C21H27BrN2O2/c1-25-20-8-4-3-7-17(20)19(24-11-5-6-12-24)15-23-14-16-9-10-21(26-2)18(22)13-16/h3-4,7-10,13,19,23H,5-6,11-12,14-15H2,1-2H3/t19-/m1/s1. The van der Waals surface area contributed by atoms with E-state index in [1.54, 1.807) is 14.2 Å². The first-order valence-electron chi connectivity index (χ1n) is 9.13. The van der Waals surface area contributed by atoms with E-state index in [1.165, 1.54) is 24.0 Å². The van der Waals surface area contributed by atoms with Crippen LogP contribution >= 0.6 is 15.9 Å². The normalized spacial score (nSPS) is 15.8. The zero-order chi connectivity index (χ0) is 18.4. The van der Waals surface area contributed by atoms with Gasteiger partial charge in [0.2, 0.25) is 0 Å². The molecule has 26 heavy (non-hydrogen) atoms. The summed E-state index contributed by atoms with van der Waals surface area (Å²) in [4.78, 5) is 2.56. The van der Waals surface area contributed by atoms with Gasteiger partial charge in [-0.15, -0.1) is 0 Å². The molecule has 1 aliphatic heterocycles. The molecule has 0 saturated carbocycles. The highest BCUT2D eigenvalue weighted by atomic mass is 79.9. The first-order valence-corrected chi connectivity index (χ1v) is 9.92. The van der Waals surface area contributed by atoms with Crippen LogP contribution in [0.4, 0.5) is 0 Å². The van der Waals surface area contributed by atoms with Gasteiger partial charge in [-0.25, -0.2) is 0 Å². The van der Waals surface area contributed by atoms with Gasteiger partial charge in [0.05, 0.1) is 24.7 Å². The van der Waals surface area contributed by atoms with Crippen molar-refractivity contribution in [3.05, 3.63) is 58.1 Å². The minimum absolute atomic E-state index is 0.329. The number of hydrogen-bond acceptors (Lipinski definition) is 4. The molecule has 1 atom stereocenters. The maximum absolute atomic E-state index is 5.62. The van der Waals surface area contributed by atoms with Crippen molar-refractivity contribution in [3.8, 4) is 11.5 Å². The molecular weight excluding hydrogens is 392 g/mol. The SMILES string of the molecule is COc1ccc(CNC[C@H](c2ccccc2OC)N2CCCC2)cc1Br. The van der Waals surface area contributed by atoms with Crippen molar-refractivity contribution in [2.45, 2.75) is 25.4 Å². The van der Waals surface area contributed by atoms with Gasteiger partial charge in [0, 0.05) is 18.7 Å². The number of benzene rings is 2. The fraction of sp³-hybridized carbons (Fsp3) is 0.429. The number of nitrogens with one attached hydrogen (secondary N) is 1. The van der Waals surface area contributed by atoms with Crippen LogP contribution in [0.1, 0.15) is 30.0 Å². The highest BCUT2D eigenvalue weighted by Gasteiger charge is 2.25. The van der Waals surface area contributed by atoms with Crippen LogP contribution in [0.3, 0.4) is 0 Å². The fourth-order valence-electron chi connectivity index (χ4n) is 3.60. The number of rotatable bonds is 8. The molecule has 2 aromatic rings. The number of nitrogens with zero attached hydrogens (tertiary/aromatic N) is 1. The number of hydrogen-bond donors (Lipinski definition) is 1. The molecule has 0 spiro atoms. The van der Waals surface area contributed by atoms with Gasteiger partial charge in [-0.1, -0.05) is 24.3 Å². The zero-order valence-electron chi connectivity index (χ0n) is 15.5. The summed E-state index contributed by atoms with van der Waals surface area (Å²) in [7, 11) is 3.44. The van der Waals surface area contributed by atoms with Crippen molar-refractivity contribution in [3.63, 3.8) is 0 Å². The van der Waals surface area contributed by atoms with Crippen LogP contribution in [-0.2, 0) is 6.54 Å². The van der Waals surface area contributed by atoms with E-state index < -0.39 is 0 Å². The predicted octanol–water partition coefficient (Wildman–Crippen LogP) is 4.39. The highest BCUT2D eigenvalue weighted by Crippen LogP contribution is 2.31. The third kappa shape index (κ3) is 4.58. The Bertz CT molecular complexity index is 717. The molecule has 140 valence electrons. The molecule has 5 heteroatoms. The molecule has 0 bridgehead atoms. The molecule has 1 N–H and O–H groups in total. The lowest BCUT2D eigenvalue weighted by Crippen LogP contribution is -2.34. The van der Waals surface area contributed by atoms with E-state index in [-0.39, 0.29) is 0 Å². The average Bonchev–Trinajstić information content (AvgIpc) is 3.20. The molecule has 0 aromatic heterocycles. The highest BCUT2D eigenvalue weighted by molar-refractivity contribution is 9.10. The summed E-state index contributed by atoms with van der Waals surface area (Å²) in [5.41, 5.74) is 2.50. The van der Waals surface area contributed by atoms with Crippen LogP contribution < -0.4 is 14.8 Å². The number of halogens is 1. The van der Waals surface area contributed by atoms with Crippen LogP contribution in [0.2, 0.25) is 0 Å². The van der Waals surface area contributed by atoms with Crippen molar-refractivity contribution < 1.29 is 9.47 Å². The zero-order valence-corrected chi connectivity index (χ0v) is 17.1. The van der Waals surface area contributed by atoms with Gasteiger partial charge < -0.3 is 14.8 Å². The predicted molar refractivity (Wildman–Crippen MR) is 109 cm³/mol. The molecule has 4 nitrogen and oxygen atoms in total. The van der Waals surface area contributed by atoms with Crippen LogP contribution in [0, 0.1) is 0 Å². The monoisotopic (exact) mass is 418 g/mol. The summed E-state index contributed by atoms with van der Waals surface area (Å²) in [5, 5.41) is 3.63. The summed E-state index contributed by atoms with van der Waals surface area (Å²) in [6, 6.07) is 14.9. The third-order valence-corrected chi connectivity index (χ3v) is 5.58. The molecule has 1 heterocycles. The van der Waals surface area contributed by atoms with Gasteiger partial charge in [0.15, 0.2) is 0 Å². The molecule has 0 unspecified atom stereocenters. The van der Waals surface area contributed by atoms with E-state index in [0.717, 1.165) is 42.2 Å². The van der Waals surface area contributed by atoms with E-state index in [2.05, 4.69) is 56.5 Å². The molecule has 1 fully saturated rings. The largest absolute Gasteiger partial charge is 0.496 e. The first-order chi connectivity index (χ1) is 12.7. The molecule has 0 amide bonds. The Balaban J connectivity index is 1.69. The Labute approximate surface area is 164 Å². The maximum Gasteiger partial charge on any atom is 0.133 e. The van der Waals surface area contributed by atoms with Crippen molar-refractivity contribution >= 4 is 15.9 Å². The van der Waals surface area contributed by atoms with Gasteiger partial charge in [-0.05, 0) is 65.6 Å². The quantitative estimate of drug-likeness (QED) is 0.688. The Kier molecular flexibility index (Phi) is 6.94. The van der Waals surface area contributed by atoms with E-state index in [4.69, 9.17) is 9.47 Å². The Morgan fingerprint density at radius 1 is 1.04 bits per heavy atom. The summed E-state index contributed by atoms with van der Waals surface area (Å²) in [5.74, 6) is 1.83. The van der Waals surface area contributed by atoms with Gasteiger partial charge in [0.25, 0.3) is 0 Å². The molecule has 0 aliphatic carbocycles. The summed E-state index contributed by atoms with van der Waals surface area (Å²) in [6.45, 7) is 4.02. The Morgan fingerprint density at radius 3 is 2.46 bits per heavy atom. The molecule has 0 radical (unpaired) electrons. The minimum Gasteiger partial charge on any atom is -0.496 e. The Morgan fingerprint density at radius 2 is 1.77 bits per heavy atom. The smallest absolute Gasteiger partial charge is 0.133 e. The molecule has 1 saturated heterocycles. The second kappa shape index (κ2) is 9.40. The lowest BCUT2D eigenvalue weighted by Gasteiger charge is -2.29. The lowest BCUT2D eigenvalue weighted by atomic mass is 10.0. The van der Waals surface area contributed by atoms with E-state index in [0.29, 0.717) is 6.04 Å². The van der Waals surface area contributed by atoms with Gasteiger partial charge in [-0.2, -0.15) is 0 Å².